The number of nitrogens with two attached hydrogens (primary N) is 1. The highest BCUT2D eigenvalue weighted by Gasteiger charge is 2.35. The molecule has 0 saturated heterocycles. The molecular weight excluding hydrogens is 433 g/mol. The smallest absolute Gasteiger partial charge is 0.258 e. The third-order valence-corrected chi connectivity index (χ3v) is 6.28. The molecule has 4 rings (SSSR count). The maximum absolute atomic E-state index is 13.6. The summed E-state index contributed by atoms with van der Waals surface area (Å²) in [7, 11) is 0. The normalized spacial score (nSPS) is 15.2. The lowest BCUT2D eigenvalue weighted by Gasteiger charge is -2.28. The highest BCUT2D eigenvalue weighted by molar-refractivity contribution is 6.42. The van der Waals surface area contributed by atoms with Crippen molar-refractivity contribution in [1.29, 1.82) is 5.26 Å². The zero-order valence-corrected chi connectivity index (χ0v) is 18.2. The number of nitrogens with zero attached hydrogens (tertiary/aromatic N) is 2. The second-order valence-corrected chi connectivity index (χ2v) is 8.11. The summed E-state index contributed by atoms with van der Waals surface area (Å²) in [5.74, 6) is -0.482. The summed E-state index contributed by atoms with van der Waals surface area (Å²) in [5.41, 5.74) is 8.66. The first-order valence-corrected chi connectivity index (χ1v) is 10.5. The Bertz CT molecular complexity index is 1290. The molecule has 0 spiro atoms. The first-order chi connectivity index (χ1) is 14.9. The number of hydrogen-bond donors (Lipinski definition) is 1. The molecule has 3 aromatic rings. The van der Waals surface area contributed by atoms with Gasteiger partial charge in [0.25, 0.3) is 5.56 Å². The van der Waals surface area contributed by atoms with Gasteiger partial charge in [0.1, 0.15) is 17.4 Å². The van der Waals surface area contributed by atoms with Crippen LogP contribution in [0.1, 0.15) is 28.3 Å². The quantitative estimate of drug-likeness (QED) is 0.609. The van der Waals surface area contributed by atoms with Crippen molar-refractivity contribution >= 4 is 23.2 Å². The Morgan fingerprint density at radius 1 is 1.16 bits per heavy atom. The SMILES string of the molecule is Cc1cc2c(c(=O)n1CCc1ccccc1)[C@@H](c1cccc(Cl)c1Cl)C(C#N)=C(N)O2. The molecule has 1 aliphatic heterocycles. The van der Waals surface area contributed by atoms with E-state index in [4.69, 9.17) is 33.7 Å². The van der Waals surface area contributed by atoms with Gasteiger partial charge >= 0.3 is 0 Å². The van der Waals surface area contributed by atoms with E-state index in [2.05, 4.69) is 6.07 Å². The van der Waals surface area contributed by atoms with E-state index in [9.17, 15) is 10.1 Å². The van der Waals surface area contributed by atoms with E-state index in [0.717, 1.165) is 11.3 Å². The predicted molar refractivity (Wildman–Crippen MR) is 121 cm³/mol. The Hall–Kier alpha value is -3.20. The van der Waals surface area contributed by atoms with Crippen LogP contribution in [0.25, 0.3) is 0 Å². The van der Waals surface area contributed by atoms with Gasteiger partial charge in [0.15, 0.2) is 0 Å². The summed E-state index contributed by atoms with van der Waals surface area (Å²) < 4.78 is 7.37. The molecule has 0 aliphatic carbocycles. The van der Waals surface area contributed by atoms with Gasteiger partial charge < -0.3 is 15.0 Å². The van der Waals surface area contributed by atoms with Gasteiger partial charge in [0.2, 0.25) is 5.88 Å². The van der Waals surface area contributed by atoms with E-state index in [1.807, 2.05) is 37.3 Å². The minimum atomic E-state index is -0.768. The average Bonchev–Trinajstić information content (AvgIpc) is 2.75. The molecule has 2 aromatic carbocycles. The van der Waals surface area contributed by atoms with Gasteiger partial charge in [-0.1, -0.05) is 65.7 Å². The van der Waals surface area contributed by atoms with Gasteiger partial charge in [-0.2, -0.15) is 5.26 Å². The van der Waals surface area contributed by atoms with Crippen LogP contribution in [0.5, 0.6) is 5.75 Å². The van der Waals surface area contributed by atoms with Gasteiger partial charge in [-0.05, 0) is 30.5 Å². The van der Waals surface area contributed by atoms with Crippen LogP contribution in [-0.4, -0.2) is 4.57 Å². The van der Waals surface area contributed by atoms with E-state index in [1.54, 1.807) is 28.8 Å². The summed E-state index contributed by atoms with van der Waals surface area (Å²) in [4.78, 5) is 13.6. The molecule has 5 nitrogen and oxygen atoms in total. The topological polar surface area (TPSA) is 81.0 Å². The van der Waals surface area contributed by atoms with E-state index in [-0.39, 0.29) is 22.0 Å². The van der Waals surface area contributed by atoms with Gasteiger partial charge in [0, 0.05) is 18.3 Å². The highest BCUT2D eigenvalue weighted by atomic mass is 35.5. The van der Waals surface area contributed by atoms with E-state index >= 15 is 0 Å². The van der Waals surface area contributed by atoms with Crippen molar-refractivity contribution in [3.63, 3.8) is 0 Å². The second-order valence-electron chi connectivity index (χ2n) is 7.32. The zero-order chi connectivity index (χ0) is 22.1. The number of fused-ring (bicyclic) bond motifs is 1. The second kappa shape index (κ2) is 8.50. The van der Waals surface area contributed by atoms with Crippen LogP contribution < -0.4 is 16.0 Å². The maximum Gasteiger partial charge on any atom is 0.258 e. The molecule has 0 radical (unpaired) electrons. The molecule has 156 valence electrons. The number of ether oxygens (including phenoxy) is 1. The summed E-state index contributed by atoms with van der Waals surface area (Å²) in [6.45, 7) is 2.33. The fraction of sp³-hybridized carbons (Fsp3) is 0.167. The van der Waals surface area contributed by atoms with E-state index < -0.39 is 5.92 Å². The number of allylic oxidation sites excluding steroid dienone is 1. The van der Waals surface area contributed by atoms with Crippen LogP contribution in [0, 0.1) is 18.3 Å². The summed E-state index contributed by atoms with van der Waals surface area (Å²) >= 11 is 12.7. The van der Waals surface area contributed by atoms with Crippen molar-refractivity contribution in [2.45, 2.75) is 25.8 Å². The minimum Gasteiger partial charge on any atom is -0.440 e. The molecule has 0 unspecified atom stereocenters. The van der Waals surface area contributed by atoms with Gasteiger partial charge in [-0.3, -0.25) is 4.79 Å². The van der Waals surface area contributed by atoms with E-state index in [0.29, 0.717) is 34.9 Å². The maximum atomic E-state index is 13.6. The lowest BCUT2D eigenvalue weighted by atomic mass is 9.84. The molecule has 0 bridgehead atoms. The number of aryl methyl sites for hydroxylation is 2. The van der Waals surface area contributed by atoms with Crippen molar-refractivity contribution in [3.8, 4) is 11.8 Å². The van der Waals surface area contributed by atoms with Crippen molar-refractivity contribution in [2.75, 3.05) is 0 Å². The standard InChI is InChI=1S/C24H19Cl2N3O2/c1-14-12-19-21(24(30)29(14)11-10-15-6-3-2-4-7-15)20(17(13-27)23(28)31-19)16-8-5-9-18(25)22(16)26/h2-9,12,20H,10-11,28H2,1H3/t20-/m0/s1. The molecule has 2 N–H and O–H groups in total. The van der Waals surface area contributed by atoms with Crippen molar-refractivity contribution in [1.82, 2.24) is 4.57 Å². The number of hydrogen-bond acceptors (Lipinski definition) is 4. The van der Waals surface area contributed by atoms with Gasteiger partial charge in [0.05, 0.1) is 21.5 Å². The van der Waals surface area contributed by atoms with Gasteiger partial charge in [-0.15, -0.1) is 0 Å². The molecule has 1 aliphatic rings. The number of halogens is 2. The van der Waals surface area contributed by atoms with Crippen LogP contribution in [0.15, 0.2) is 70.8 Å². The molecule has 0 amide bonds. The monoisotopic (exact) mass is 451 g/mol. The molecule has 1 atom stereocenters. The Kier molecular flexibility index (Phi) is 5.77. The van der Waals surface area contributed by atoms with Crippen LogP contribution in [0.3, 0.4) is 0 Å². The number of aromatic nitrogens is 1. The lowest BCUT2D eigenvalue weighted by molar-refractivity contribution is 0.388. The number of rotatable bonds is 4. The molecular formula is C24H19Cl2N3O2. The molecule has 2 heterocycles. The molecule has 0 fully saturated rings. The van der Waals surface area contributed by atoms with Gasteiger partial charge in [-0.25, -0.2) is 0 Å². The van der Waals surface area contributed by atoms with Crippen molar-refractivity contribution < 1.29 is 4.74 Å². The van der Waals surface area contributed by atoms with Crippen LogP contribution in [0.2, 0.25) is 10.0 Å². The molecule has 31 heavy (non-hydrogen) atoms. The summed E-state index contributed by atoms with van der Waals surface area (Å²) in [6.07, 6.45) is 0.687. The minimum absolute atomic E-state index is 0.0446. The largest absolute Gasteiger partial charge is 0.440 e. The van der Waals surface area contributed by atoms with Crippen molar-refractivity contribution in [3.05, 3.63) is 109 Å². The first-order valence-electron chi connectivity index (χ1n) is 9.72. The van der Waals surface area contributed by atoms with Crippen molar-refractivity contribution in [2.24, 2.45) is 5.73 Å². The Morgan fingerprint density at radius 3 is 2.61 bits per heavy atom. The Morgan fingerprint density at radius 2 is 1.90 bits per heavy atom. The highest BCUT2D eigenvalue weighted by Crippen LogP contribution is 2.44. The fourth-order valence-electron chi connectivity index (χ4n) is 3.90. The molecule has 7 heteroatoms. The predicted octanol–water partition coefficient (Wildman–Crippen LogP) is 4.92. The third-order valence-electron chi connectivity index (χ3n) is 5.45. The lowest BCUT2D eigenvalue weighted by Crippen LogP contribution is -2.33. The molecule has 1 aromatic heterocycles. The Labute approximate surface area is 189 Å². The van der Waals surface area contributed by atoms with Crippen LogP contribution in [0.4, 0.5) is 0 Å². The molecule has 0 saturated carbocycles. The van der Waals surface area contributed by atoms with Crippen LogP contribution in [-0.2, 0) is 13.0 Å². The fourth-order valence-corrected chi connectivity index (χ4v) is 4.32. The number of benzene rings is 2. The first kappa shape index (κ1) is 21.0. The summed E-state index contributed by atoms with van der Waals surface area (Å²) in [6, 6.07) is 18.9. The van der Waals surface area contributed by atoms with Crippen LogP contribution >= 0.6 is 23.2 Å². The van der Waals surface area contributed by atoms with E-state index in [1.165, 1.54) is 0 Å². The Balaban J connectivity index is 1.88. The third kappa shape index (κ3) is 3.81. The number of nitriles is 1. The average molecular weight is 452 g/mol. The zero-order valence-electron chi connectivity index (χ0n) is 16.7. The summed E-state index contributed by atoms with van der Waals surface area (Å²) in [5, 5.41) is 10.4. The number of pyridine rings is 1.